The molecular weight excluding hydrogens is 348 g/mol. The molecule has 0 N–H and O–H groups in total. The number of amides is 2. The highest BCUT2D eigenvalue weighted by Gasteiger charge is 2.28. The number of carbonyl (C=O) groups is 2. The first kappa shape index (κ1) is 19.3. The molecule has 7 nitrogen and oxygen atoms in total. The van der Waals surface area contributed by atoms with Crippen LogP contribution in [0.5, 0.6) is 11.5 Å². The van der Waals surface area contributed by atoms with Gasteiger partial charge in [-0.05, 0) is 57.7 Å². The number of piperidine rings is 1. The Labute approximate surface area is 160 Å². The third-order valence-electron chi connectivity index (χ3n) is 4.66. The number of hydrogen-bond donors (Lipinski definition) is 0. The first-order valence-electron chi connectivity index (χ1n) is 9.36. The summed E-state index contributed by atoms with van der Waals surface area (Å²) in [6.45, 7) is 7.66. The SMILES string of the molecule is CN(CC1CCCN(C(=O)c2ccc3c(c2)OCO3)C1)C(=O)OC(C)(C)C. The highest BCUT2D eigenvalue weighted by molar-refractivity contribution is 5.95. The van der Waals surface area contributed by atoms with Crippen LogP contribution >= 0.6 is 0 Å². The van der Waals surface area contributed by atoms with Gasteiger partial charge in [0, 0.05) is 32.2 Å². The number of hydrogen-bond acceptors (Lipinski definition) is 5. The molecule has 1 aromatic rings. The molecule has 1 aromatic carbocycles. The van der Waals surface area contributed by atoms with Crippen molar-refractivity contribution in [1.29, 1.82) is 0 Å². The van der Waals surface area contributed by atoms with Gasteiger partial charge in [-0.3, -0.25) is 4.79 Å². The van der Waals surface area contributed by atoms with Gasteiger partial charge >= 0.3 is 6.09 Å². The Morgan fingerprint density at radius 1 is 1.26 bits per heavy atom. The first-order valence-corrected chi connectivity index (χ1v) is 9.36. The maximum absolute atomic E-state index is 12.9. The average molecular weight is 376 g/mol. The molecule has 3 rings (SSSR count). The third-order valence-corrected chi connectivity index (χ3v) is 4.66. The van der Waals surface area contributed by atoms with Crippen LogP contribution in [0.2, 0.25) is 0 Å². The van der Waals surface area contributed by atoms with Crippen molar-refractivity contribution in [3.63, 3.8) is 0 Å². The number of benzene rings is 1. The van der Waals surface area contributed by atoms with Crippen molar-refractivity contribution in [3.8, 4) is 11.5 Å². The van der Waals surface area contributed by atoms with E-state index in [1.165, 1.54) is 0 Å². The predicted molar refractivity (Wildman–Crippen MR) is 100 cm³/mol. The summed E-state index contributed by atoms with van der Waals surface area (Å²) in [5.74, 6) is 1.49. The van der Waals surface area contributed by atoms with E-state index < -0.39 is 5.60 Å². The monoisotopic (exact) mass is 376 g/mol. The van der Waals surface area contributed by atoms with E-state index in [1.54, 1.807) is 30.1 Å². The van der Waals surface area contributed by atoms with Crippen LogP contribution in [0.25, 0.3) is 0 Å². The minimum absolute atomic E-state index is 0.0158. The van der Waals surface area contributed by atoms with E-state index >= 15 is 0 Å². The van der Waals surface area contributed by atoms with E-state index in [0.717, 1.165) is 19.4 Å². The van der Waals surface area contributed by atoms with Crippen LogP contribution in [-0.2, 0) is 4.74 Å². The predicted octanol–water partition coefficient (Wildman–Crippen LogP) is 3.13. The fraction of sp³-hybridized carbons (Fsp3) is 0.600. The second kappa shape index (κ2) is 7.66. The Morgan fingerprint density at radius 3 is 2.74 bits per heavy atom. The normalized spacial score (nSPS) is 19.0. The molecule has 7 heteroatoms. The number of fused-ring (bicyclic) bond motifs is 1. The summed E-state index contributed by atoms with van der Waals surface area (Å²) in [6.07, 6.45) is 1.57. The smallest absolute Gasteiger partial charge is 0.410 e. The van der Waals surface area contributed by atoms with Crippen molar-refractivity contribution < 1.29 is 23.8 Å². The average Bonchev–Trinajstić information content (AvgIpc) is 3.07. The Balaban J connectivity index is 1.59. The molecule has 1 atom stereocenters. The van der Waals surface area contributed by atoms with E-state index in [1.807, 2.05) is 25.7 Å². The lowest BCUT2D eigenvalue weighted by Crippen LogP contribution is -2.45. The molecule has 1 fully saturated rings. The van der Waals surface area contributed by atoms with Gasteiger partial charge in [0.05, 0.1) is 0 Å². The zero-order valence-corrected chi connectivity index (χ0v) is 16.5. The van der Waals surface area contributed by atoms with Gasteiger partial charge in [0.1, 0.15) is 5.60 Å². The highest BCUT2D eigenvalue weighted by Crippen LogP contribution is 2.33. The van der Waals surface area contributed by atoms with Crippen molar-refractivity contribution in [2.24, 2.45) is 5.92 Å². The second-order valence-electron chi connectivity index (χ2n) is 8.19. The number of ether oxygens (including phenoxy) is 3. The number of carbonyl (C=O) groups excluding carboxylic acids is 2. The van der Waals surface area contributed by atoms with E-state index in [0.29, 0.717) is 30.2 Å². The Bertz CT molecular complexity index is 713. The lowest BCUT2D eigenvalue weighted by molar-refractivity contribution is 0.0244. The molecule has 27 heavy (non-hydrogen) atoms. The summed E-state index contributed by atoms with van der Waals surface area (Å²) in [4.78, 5) is 28.5. The standard InChI is InChI=1S/C20H28N2O5/c1-20(2,3)27-19(24)21(4)11-14-6-5-9-22(12-14)18(23)15-7-8-16-17(10-15)26-13-25-16/h7-8,10,14H,5-6,9,11-13H2,1-4H3. The summed E-state index contributed by atoms with van der Waals surface area (Å²) in [5, 5.41) is 0. The molecule has 2 aliphatic heterocycles. The summed E-state index contributed by atoms with van der Waals surface area (Å²) in [6, 6.07) is 5.28. The van der Waals surface area contributed by atoms with Crippen LogP contribution < -0.4 is 9.47 Å². The molecule has 1 unspecified atom stereocenters. The van der Waals surface area contributed by atoms with Crippen molar-refractivity contribution in [2.75, 3.05) is 33.5 Å². The molecule has 0 aliphatic carbocycles. The third kappa shape index (κ3) is 4.84. The van der Waals surface area contributed by atoms with E-state index in [4.69, 9.17) is 14.2 Å². The van der Waals surface area contributed by atoms with Crippen molar-refractivity contribution in [3.05, 3.63) is 23.8 Å². The zero-order chi connectivity index (χ0) is 19.6. The van der Waals surface area contributed by atoms with E-state index in [2.05, 4.69) is 0 Å². The summed E-state index contributed by atoms with van der Waals surface area (Å²) >= 11 is 0. The minimum atomic E-state index is -0.515. The van der Waals surface area contributed by atoms with Crippen LogP contribution in [0.4, 0.5) is 4.79 Å². The second-order valence-corrected chi connectivity index (χ2v) is 8.19. The molecule has 0 radical (unpaired) electrons. The summed E-state index contributed by atoms with van der Waals surface area (Å²) in [5.41, 5.74) is 0.0830. The van der Waals surface area contributed by atoms with Gasteiger partial charge in [-0.1, -0.05) is 0 Å². The van der Waals surface area contributed by atoms with Gasteiger partial charge in [-0.15, -0.1) is 0 Å². The van der Waals surface area contributed by atoms with E-state index in [-0.39, 0.29) is 24.7 Å². The lowest BCUT2D eigenvalue weighted by Gasteiger charge is -2.35. The molecule has 0 spiro atoms. The topological polar surface area (TPSA) is 68.3 Å². The van der Waals surface area contributed by atoms with Gasteiger partial charge < -0.3 is 24.0 Å². The first-order chi connectivity index (χ1) is 12.7. The minimum Gasteiger partial charge on any atom is -0.454 e. The van der Waals surface area contributed by atoms with E-state index in [9.17, 15) is 9.59 Å². The lowest BCUT2D eigenvalue weighted by atomic mass is 9.97. The molecule has 0 aromatic heterocycles. The Hall–Kier alpha value is -2.44. The van der Waals surface area contributed by atoms with Crippen molar-refractivity contribution >= 4 is 12.0 Å². The molecule has 0 saturated carbocycles. The van der Waals surface area contributed by atoms with Crippen molar-refractivity contribution in [2.45, 2.75) is 39.2 Å². The molecule has 2 aliphatic rings. The van der Waals surface area contributed by atoms with Gasteiger partial charge in [-0.25, -0.2) is 4.79 Å². The summed E-state index contributed by atoms with van der Waals surface area (Å²) in [7, 11) is 1.74. The van der Waals surface area contributed by atoms with Gasteiger partial charge in [0.15, 0.2) is 11.5 Å². The number of likely N-dealkylation sites (tertiary alicyclic amines) is 1. The molecule has 0 bridgehead atoms. The fourth-order valence-electron chi connectivity index (χ4n) is 3.41. The number of nitrogens with zero attached hydrogens (tertiary/aromatic N) is 2. The molecule has 2 amide bonds. The largest absolute Gasteiger partial charge is 0.454 e. The molecular formula is C20H28N2O5. The van der Waals surface area contributed by atoms with Crippen LogP contribution in [0.1, 0.15) is 44.0 Å². The summed E-state index contributed by atoms with van der Waals surface area (Å²) < 4.78 is 16.1. The Morgan fingerprint density at radius 2 is 2.00 bits per heavy atom. The van der Waals surface area contributed by atoms with Gasteiger partial charge in [0.25, 0.3) is 5.91 Å². The van der Waals surface area contributed by atoms with Crippen LogP contribution in [-0.4, -0.2) is 60.9 Å². The maximum atomic E-state index is 12.9. The van der Waals surface area contributed by atoms with Crippen LogP contribution in [0, 0.1) is 5.92 Å². The van der Waals surface area contributed by atoms with Crippen molar-refractivity contribution in [1.82, 2.24) is 9.80 Å². The highest BCUT2D eigenvalue weighted by atomic mass is 16.7. The zero-order valence-electron chi connectivity index (χ0n) is 16.5. The molecule has 1 saturated heterocycles. The fourth-order valence-corrected chi connectivity index (χ4v) is 3.41. The van der Waals surface area contributed by atoms with Gasteiger partial charge in [-0.2, -0.15) is 0 Å². The Kier molecular flexibility index (Phi) is 5.48. The molecule has 148 valence electrons. The van der Waals surface area contributed by atoms with Crippen LogP contribution in [0.3, 0.4) is 0 Å². The maximum Gasteiger partial charge on any atom is 0.410 e. The van der Waals surface area contributed by atoms with Gasteiger partial charge in [0.2, 0.25) is 6.79 Å². The quantitative estimate of drug-likeness (QED) is 0.811. The molecule has 2 heterocycles. The van der Waals surface area contributed by atoms with Crippen LogP contribution in [0.15, 0.2) is 18.2 Å². The number of rotatable bonds is 3.